The van der Waals surface area contributed by atoms with Gasteiger partial charge in [0.05, 0.1) is 23.4 Å². The first-order chi connectivity index (χ1) is 16.7. The highest BCUT2D eigenvalue weighted by Gasteiger charge is 2.37. The number of nitrogens with zero attached hydrogens (tertiary/aromatic N) is 1. The summed E-state index contributed by atoms with van der Waals surface area (Å²) >= 11 is 0. The van der Waals surface area contributed by atoms with Crippen LogP contribution >= 0.6 is 0 Å². The van der Waals surface area contributed by atoms with Crippen molar-refractivity contribution in [1.82, 2.24) is 9.55 Å². The van der Waals surface area contributed by atoms with Gasteiger partial charge >= 0.3 is 6.09 Å². The van der Waals surface area contributed by atoms with E-state index in [-0.39, 0.29) is 10.6 Å². The average Bonchev–Trinajstić information content (AvgIpc) is 3.14. The van der Waals surface area contributed by atoms with Crippen LogP contribution in [0.25, 0.3) is 33.1 Å². The van der Waals surface area contributed by atoms with Crippen LogP contribution in [0.2, 0.25) is 18.1 Å². The molecule has 0 bridgehead atoms. The Kier molecular flexibility index (Phi) is 6.52. The van der Waals surface area contributed by atoms with E-state index in [9.17, 15) is 9.59 Å². The van der Waals surface area contributed by atoms with Crippen LogP contribution in [0.4, 0.5) is 4.79 Å². The maximum Gasteiger partial charge on any atom is 0.419 e. The van der Waals surface area contributed by atoms with E-state index in [0.29, 0.717) is 23.4 Å². The summed E-state index contributed by atoms with van der Waals surface area (Å²) in [6, 6.07) is 17.2. The molecular weight excluding hydrogens is 468 g/mol. The number of nitrogens with one attached hydrogen (secondary N) is 1. The van der Waals surface area contributed by atoms with Crippen LogP contribution < -0.4 is 5.56 Å². The Morgan fingerprint density at radius 1 is 0.944 bits per heavy atom. The van der Waals surface area contributed by atoms with Gasteiger partial charge in [-0.05, 0) is 80.2 Å². The Morgan fingerprint density at radius 2 is 1.64 bits per heavy atom. The fraction of sp³-hybridized carbons (Fsp3) is 0.379. The zero-order valence-electron chi connectivity index (χ0n) is 22.5. The smallest absolute Gasteiger partial charge is 0.419 e. The summed E-state index contributed by atoms with van der Waals surface area (Å²) in [5.41, 5.74) is 2.41. The Labute approximate surface area is 213 Å². The minimum atomic E-state index is -1.92. The molecule has 6 nitrogen and oxygen atoms in total. The number of pyridine rings is 1. The van der Waals surface area contributed by atoms with Crippen molar-refractivity contribution in [1.29, 1.82) is 0 Å². The van der Waals surface area contributed by atoms with Crippen molar-refractivity contribution < 1.29 is 14.0 Å². The maximum atomic E-state index is 13.4. The lowest BCUT2D eigenvalue weighted by Gasteiger charge is -2.36. The monoisotopic (exact) mass is 504 g/mol. The number of carbonyl (C=O) groups is 1. The van der Waals surface area contributed by atoms with Crippen molar-refractivity contribution in [2.75, 3.05) is 0 Å². The lowest BCUT2D eigenvalue weighted by molar-refractivity contribution is 0.0547. The molecule has 0 aliphatic heterocycles. The standard InChI is InChI=1S/C29H36N2O4Si/c1-28(2,3)35-27(33)31-24-14-13-19(18-34-36(7,8)29(4,5)6)15-21(24)17-25(31)22-16-20-11-9-10-12-23(20)30-26(22)32/h9-17H,18H2,1-8H3,(H,30,32). The zero-order chi connectivity index (χ0) is 26.5. The summed E-state index contributed by atoms with van der Waals surface area (Å²) in [5, 5.41) is 1.85. The summed E-state index contributed by atoms with van der Waals surface area (Å²) < 4.78 is 13.6. The summed E-state index contributed by atoms with van der Waals surface area (Å²) in [5.74, 6) is 0. The number of rotatable bonds is 4. The van der Waals surface area contributed by atoms with E-state index in [1.807, 2.05) is 75.4 Å². The Bertz CT molecular complexity index is 1500. The second-order valence-electron chi connectivity index (χ2n) is 11.9. The van der Waals surface area contributed by atoms with E-state index in [4.69, 9.17) is 9.16 Å². The molecule has 7 heteroatoms. The largest absolute Gasteiger partial charge is 0.443 e. The van der Waals surface area contributed by atoms with Gasteiger partial charge in [-0.15, -0.1) is 0 Å². The van der Waals surface area contributed by atoms with Crippen molar-refractivity contribution in [2.24, 2.45) is 0 Å². The second kappa shape index (κ2) is 9.05. The molecule has 1 N–H and O–H groups in total. The van der Waals surface area contributed by atoms with E-state index >= 15 is 0 Å². The lowest BCUT2D eigenvalue weighted by Crippen LogP contribution is -2.40. The van der Waals surface area contributed by atoms with Gasteiger partial charge in [0.2, 0.25) is 0 Å². The number of carbonyl (C=O) groups excluding carboxylic acids is 1. The second-order valence-corrected chi connectivity index (χ2v) is 16.7. The van der Waals surface area contributed by atoms with Crippen molar-refractivity contribution in [3.63, 3.8) is 0 Å². The third-order valence-electron chi connectivity index (χ3n) is 6.88. The molecule has 0 saturated heterocycles. The minimum absolute atomic E-state index is 0.113. The molecule has 36 heavy (non-hydrogen) atoms. The molecule has 0 aliphatic rings. The van der Waals surface area contributed by atoms with Crippen molar-refractivity contribution in [2.45, 2.75) is 71.9 Å². The fourth-order valence-electron chi connectivity index (χ4n) is 3.88. The van der Waals surface area contributed by atoms with Gasteiger partial charge in [0, 0.05) is 10.9 Å². The van der Waals surface area contributed by atoms with Gasteiger partial charge in [0.1, 0.15) is 5.60 Å². The predicted molar refractivity (Wildman–Crippen MR) is 149 cm³/mol. The number of hydrogen-bond donors (Lipinski definition) is 1. The molecule has 0 atom stereocenters. The molecule has 0 spiro atoms. The number of H-pyrrole nitrogens is 1. The molecule has 0 aliphatic carbocycles. The molecule has 4 aromatic rings. The minimum Gasteiger partial charge on any atom is -0.443 e. The van der Waals surface area contributed by atoms with Gasteiger partial charge in [-0.1, -0.05) is 45.0 Å². The van der Waals surface area contributed by atoms with Crippen LogP contribution in [-0.4, -0.2) is 29.6 Å². The quantitative estimate of drug-likeness (QED) is 0.293. The van der Waals surface area contributed by atoms with E-state index in [1.54, 1.807) is 0 Å². The molecule has 0 saturated carbocycles. The van der Waals surface area contributed by atoms with Crippen molar-refractivity contribution in [3.05, 3.63) is 70.5 Å². The Morgan fingerprint density at radius 3 is 2.31 bits per heavy atom. The molecule has 0 radical (unpaired) electrons. The summed E-state index contributed by atoms with van der Waals surface area (Å²) in [6.07, 6.45) is -0.523. The van der Waals surface area contributed by atoms with Crippen LogP contribution in [0.5, 0.6) is 0 Å². The van der Waals surface area contributed by atoms with Gasteiger partial charge in [-0.3, -0.25) is 4.79 Å². The maximum absolute atomic E-state index is 13.4. The molecule has 0 amide bonds. The number of para-hydroxylation sites is 1. The van der Waals surface area contributed by atoms with Crippen LogP contribution in [0, 0.1) is 0 Å². The first-order valence-electron chi connectivity index (χ1n) is 12.3. The van der Waals surface area contributed by atoms with Gasteiger partial charge in [0.15, 0.2) is 8.32 Å². The molecule has 2 heterocycles. The Balaban J connectivity index is 1.84. The molecule has 0 fully saturated rings. The van der Waals surface area contributed by atoms with Crippen molar-refractivity contribution >= 4 is 36.2 Å². The molecular formula is C29H36N2O4Si. The van der Waals surface area contributed by atoms with Gasteiger partial charge in [0.25, 0.3) is 5.56 Å². The van der Waals surface area contributed by atoms with E-state index < -0.39 is 20.0 Å². The molecule has 0 unspecified atom stereocenters. The predicted octanol–water partition coefficient (Wildman–Crippen LogP) is 7.45. The van der Waals surface area contributed by atoms with Crippen LogP contribution in [0.3, 0.4) is 0 Å². The number of aromatic nitrogens is 2. The SMILES string of the molecule is CC(C)(C)OC(=O)n1c(-c2cc3ccccc3[nH]c2=O)cc2cc(CO[Si](C)(C)C(C)(C)C)ccc21. The van der Waals surface area contributed by atoms with Crippen LogP contribution in [0.1, 0.15) is 47.1 Å². The average molecular weight is 505 g/mol. The molecule has 190 valence electrons. The van der Waals surface area contributed by atoms with Gasteiger partial charge in [-0.25, -0.2) is 9.36 Å². The normalized spacial score (nSPS) is 12.9. The summed E-state index contributed by atoms with van der Waals surface area (Å²) in [6.45, 7) is 17.1. The van der Waals surface area contributed by atoms with E-state index in [0.717, 1.165) is 21.9 Å². The lowest BCUT2D eigenvalue weighted by atomic mass is 10.1. The number of benzene rings is 2. The topological polar surface area (TPSA) is 73.3 Å². The highest BCUT2D eigenvalue weighted by molar-refractivity contribution is 6.74. The third kappa shape index (κ3) is 5.17. The third-order valence-corrected chi connectivity index (χ3v) is 11.4. The molecule has 4 rings (SSSR count). The van der Waals surface area contributed by atoms with E-state index in [2.05, 4.69) is 38.8 Å². The molecule has 2 aromatic carbocycles. The Hall–Kier alpha value is -3.16. The number of hydrogen-bond acceptors (Lipinski definition) is 4. The number of aromatic amines is 1. The summed E-state index contributed by atoms with van der Waals surface area (Å²) in [7, 11) is -1.92. The van der Waals surface area contributed by atoms with Gasteiger partial charge in [-0.2, -0.15) is 0 Å². The number of ether oxygens (including phenoxy) is 1. The van der Waals surface area contributed by atoms with Gasteiger partial charge < -0.3 is 14.1 Å². The number of fused-ring (bicyclic) bond motifs is 2. The first kappa shape index (κ1) is 25.9. The molecule has 2 aromatic heterocycles. The summed E-state index contributed by atoms with van der Waals surface area (Å²) in [4.78, 5) is 29.4. The van der Waals surface area contributed by atoms with E-state index in [1.165, 1.54) is 4.57 Å². The highest BCUT2D eigenvalue weighted by Crippen LogP contribution is 2.37. The zero-order valence-corrected chi connectivity index (χ0v) is 23.5. The fourth-order valence-corrected chi connectivity index (χ4v) is 4.84. The van der Waals surface area contributed by atoms with Crippen LogP contribution in [0.15, 0.2) is 59.4 Å². The first-order valence-corrected chi connectivity index (χ1v) is 15.2. The highest BCUT2D eigenvalue weighted by atomic mass is 28.4. The van der Waals surface area contributed by atoms with Crippen LogP contribution in [-0.2, 0) is 15.8 Å². The van der Waals surface area contributed by atoms with Crippen molar-refractivity contribution in [3.8, 4) is 11.3 Å².